The second-order valence-electron chi connectivity index (χ2n) is 4.56. The molecule has 0 aliphatic carbocycles. The predicted octanol–water partition coefficient (Wildman–Crippen LogP) is 4.35. The molecule has 0 fully saturated rings. The number of amides is 1. The van der Waals surface area contributed by atoms with Crippen LogP contribution < -0.4 is 10.1 Å². The molecule has 2 N–H and O–H groups in total. The van der Waals surface area contributed by atoms with E-state index < -0.39 is 0 Å². The van der Waals surface area contributed by atoms with E-state index in [2.05, 4.69) is 5.32 Å². The van der Waals surface area contributed by atoms with Gasteiger partial charge in [-0.3, -0.25) is 4.79 Å². The number of benzene rings is 1. The fourth-order valence-electron chi connectivity index (χ4n) is 1.78. The van der Waals surface area contributed by atoms with E-state index in [1.54, 1.807) is 6.07 Å². The molecule has 1 amide bonds. The van der Waals surface area contributed by atoms with Gasteiger partial charge in [-0.05, 0) is 24.3 Å². The van der Waals surface area contributed by atoms with Crippen LogP contribution in [-0.4, -0.2) is 24.2 Å². The number of hydrogen-bond donors (Lipinski definition) is 2. The minimum absolute atomic E-state index is 0.00140. The van der Waals surface area contributed by atoms with Crippen LogP contribution in [0.25, 0.3) is 0 Å². The van der Waals surface area contributed by atoms with E-state index in [9.17, 15) is 9.90 Å². The number of ether oxygens (including phenoxy) is 1. The number of thiophene rings is 1. The van der Waals surface area contributed by atoms with Gasteiger partial charge in [-0.15, -0.1) is 0 Å². The van der Waals surface area contributed by atoms with Gasteiger partial charge in [0.25, 0.3) is 5.91 Å². The van der Waals surface area contributed by atoms with E-state index in [1.165, 1.54) is 23.5 Å². The van der Waals surface area contributed by atoms with Crippen LogP contribution in [0.1, 0.15) is 23.2 Å². The maximum atomic E-state index is 11.7. The smallest absolute Gasteiger partial charge is 0.252 e. The lowest BCUT2D eigenvalue weighted by Gasteiger charge is -2.10. The van der Waals surface area contributed by atoms with Crippen molar-refractivity contribution in [1.82, 2.24) is 5.32 Å². The molecule has 0 bridgehead atoms. The summed E-state index contributed by atoms with van der Waals surface area (Å²) in [6, 6.07) is 4.55. The largest absolute Gasteiger partial charge is 0.508 e. The molecule has 0 aliphatic heterocycles. The van der Waals surface area contributed by atoms with Crippen LogP contribution in [0.5, 0.6) is 11.5 Å². The quantitative estimate of drug-likeness (QED) is 0.722. The Labute approximate surface area is 142 Å². The van der Waals surface area contributed by atoms with Crippen molar-refractivity contribution in [2.24, 2.45) is 0 Å². The lowest BCUT2D eigenvalue weighted by atomic mass is 10.3. The Morgan fingerprint density at radius 3 is 2.64 bits per heavy atom. The first-order valence-corrected chi connectivity index (χ1v) is 8.39. The topological polar surface area (TPSA) is 58.6 Å². The fourth-order valence-corrected chi connectivity index (χ4v) is 3.00. The average molecular weight is 360 g/mol. The lowest BCUT2D eigenvalue weighted by molar-refractivity contribution is 0.0953. The Morgan fingerprint density at radius 1 is 1.27 bits per heavy atom. The molecular weight excluding hydrogens is 345 g/mol. The van der Waals surface area contributed by atoms with Crippen LogP contribution in [-0.2, 0) is 0 Å². The molecule has 0 unspecified atom stereocenters. The van der Waals surface area contributed by atoms with E-state index in [4.69, 9.17) is 27.9 Å². The van der Waals surface area contributed by atoms with Crippen LogP contribution in [0, 0.1) is 0 Å². The molecule has 0 aliphatic rings. The molecule has 0 saturated heterocycles. The number of phenolic OH excluding ortho intramolecular Hbond substituents is 1. The van der Waals surface area contributed by atoms with Crippen molar-refractivity contribution in [3.05, 3.63) is 44.6 Å². The molecule has 1 heterocycles. The summed E-state index contributed by atoms with van der Waals surface area (Å²) in [4.78, 5) is 11.7. The Hall–Kier alpha value is -1.43. The SMILES string of the molecule is O=C(NCCCCOc1c(Cl)cc(O)cc1Cl)c1ccsc1. The molecule has 0 saturated carbocycles. The van der Waals surface area contributed by atoms with Gasteiger partial charge in [-0.2, -0.15) is 11.3 Å². The Morgan fingerprint density at radius 2 is 2.00 bits per heavy atom. The molecule has 1 aromatic carbocycles. The van der Waals surface area contributed by atoms with E-state index in [1.807, 2.05) is 10.8 Å². The average Bonchev–Trinajstić information content (AvgIpc) is 2.98. The highest BCUT2D eigenvalue weighted by Crippen LogP contribution is 2.36. The summed E-state index contributed by atoms with van der Waals surface area (Å²) in [6.45, 7) is 1.01. The number of unbranched alkanes of at least 4 members (excludes halogenated alkanes) is 1. The molecule has 0 atom stereocenters. The molecule has 0 radical (unpaired) electrons. The monoisotopic (exact) mass is 359 g/mol. The number of aromatic hydroxyl groups is 1. The number of rotatable bonds is 7. The first-order chi connectivity index (χ1) is 10.6. The lowest BCUT2D eigenvalue weighted by Crippen LogP contribution is -2.24. The summed E-state index contributed by atoms with van der Waals surface area (Å²) in [5.41, 5.74) is 0.684. The molecule has 2 aromatic rings. The standard InChI is InChI=1S/C15H15Cl2NO3S/c16-12-7-11(19)8-13(17)14(12)21-5-2-1-4-18-15(20)10-3-6-22-9-10/h3,6-9,19H,1-2,4-5H2,(H,18,20). The molecule has 2 rings (SSSR count). The number of halogens is 2. The van der Waals surface area contributed by atoms with Gasteiger partial charge in [0.05, 0.1) is 16.7 Å². The van der Waals surface area contributed by atoms with Crippen LogP contribution in [0.4, 0.5) is 0 Å². The molecule has 4 nitrogen and oxygen atoms in total. The third kappa shape index (κ3) is 4.80. The highest BCUT2D eigenvalue weighted by molar-refractivity contribution is 7.08. The molecule has 7 heteroatoms. The van der Waals surface area contributed by atoms with E-state index in [-0.39, 0.29) is 21.7 Å². The van der Waals surface area contributed by atoms with Gasteiger partial charge >= 0.3 is 0 Å². The third-order valence-corrected chi connectivity index (χ3v) is 4.11. The summed E-state index contributed by atoms with van der Waals surface area (Å²) in [5.74, 6) is 0.300. The van der Waals surface area contributed by atoms with Crippen LogP contribution in [0.3, 0.4) is 0 Å². The number of carbonyl (C=O) groups excluding carboxylic acids is 1. The van der Waals surface area contributed by atoms with Crippen molar-refractivity contribution in [3.63, 3.8) is 0 Å². The second-order valence-corrected chi connectivity index (χ2v) is 6.16. The zero-order valence-corrected chi connectivity index (χ0v) is 14.0. The Bertz CT molecular complexity index is 609. The van der Waals surface area contributed by atoms with Crippen molar-refractivity contribution in [3.8, 4) is 11.5 Å². The van der Waals surface area contributed by atoms with Crippen molar-refractivity contribution in [2.75, 3.05) is 13.2 Å². The number of phenols is 1. The van der Waals surface area contributed by atoms with Crippen LogP contribution in [0.15, 0.2) is 29.0 Å². The second kappa shape index (κ2) is 8.27. The van der Waals surface area contributed by atoms with Gasteiger partial charge in [-0.25, -0.2) is 0 Å². The van der Waals surface area contributed by atoms with Crippen LogP contribution >= 0.6 is 34.5 Å². The summed E-state index contributed by atoms with van der Waals surface area (Å²) in [5, 5.41) is 16.4. The summed E-state index contributed by atoms with van der Waals surface area (Å²) in [6.07, 6.45) is 1.53. The first kappa shape index (κ1) is 16.9. The number of hydrogen-bond acceptors (Lipinski definition) is 4. The molecule has 118 valence electrons. The molecule has 0 spiro atoms. The molecule has 1 aromatic heterocycles. The molecular formula is C15H15Cl2NO3S. The van der Waals surface area contributed by atoms with Crippen molar-refractivity contribution >= 4 is 40.4 Å². The van der Waals surface area contributed by atoms with Gasteiger partial charge in [0.2, 0.25) is 0 Å². The van der Waals surface area contributed by atoms with Crippen molar-refractivity contribution in [2.45, 2.75) is 12.8 Å². The fraction of sp³-hybridized carbons (Fsp3) is 0.267. The van der Waals surface area contributed by atoms with Crippen LogP contribution in [0.2, 0.25) is 10.0 Å². The minimum atomic E-state index is -0.0632. The summed E-state index contributed by atoms with van der Waals surface area (Å²) < 4.78 is 5.52. The highest BCUT2D eigenvalue weighted by Gasteiger charge is 2.09. The Balaban J connectivity index is 1.67. The third-order valence-electron chi connectivity index (χ3n) is 2.87. The minimum Gasteiger partial charge on any atom is -0.508 e. The maximum absolute atomic E-state index is 11.7. The van der Waals surface area contributed by atoms with E-state index in [0.29, 0.717) is 24.5 Å². The predicted molar refractivity (Wildman–Crippen MR) is 89.5 cm³/mol. The maximum Gasteiger partial charge on any atom is 0.252 e. The van der Waals surface area contributed by atoms with Gasteiger partial charge in [0.1, 0.15) is 5.75 Å². The van der Waals surface area contributed by atoms with Gasteiger partial charge < -0.3 is 15.2 Å². The van der Waals surface area contributed by atoms with Gasteiger partial charge in [0, 0.05) is 29.6 Å². The molecule has 22 heavy (non-hydrogen) atoms. The number of carbonyl (C=O) groups is 1. The van der Waals surface area contributed by atoms with Gasteiger partial charge in [-0.1, -0.05) is 23.2 Å². The number of nitrogens with one attached hydrogen (secondary N) is 1. The summed E-state index contributed by atoms with van der Waals surface area (Å²) in [7, 11) is 0. The Kier molecular flexibility index (Phi) is 6.36. The summed E-state index contributed by atoms with van der Waals surface area (Å²) >= 11 is 13.4. The van der Waals surface area contributed by atoms with Gasteiger partial charge in [0.15, 0.2) is 5.75 Å². The normalized spacial score (nSPS) is 10.5. The highest BCUT2D eigenvalue weighted by atomic mass is 35.5. The van der Waals surface area contributed by atoms with E-state index in [0.717, 1.165) is 12.8 Å². The van der Waals surface area contributed by atoms with Crippen molar-refractivity contribution < 1.29 is 14.6 Å². The van der Waals surface area contributed by atoms with E-state index >= 15 is 0 Å². The first-order valence-electron chi connectivity index (χ1n) is 6.69. The zero-order valence-electron chi connectivity index (χ0n) is 11.6. The van der Waals surface area contributed by atoms with Crippen molar-refractivity contribution in [1.29, 1.82) is 0 Å². The zero-order chi connectivity index (χ0) is 15.9.